The van der Waals surface area contributed by atoms with Crippen LogP contribution in [0.15, 0.2) is 164 Å². The van der Waals surface area contributed by atoms with Gasteiger partial charge in [0.1, 0.15) is 5.82 Å². The van der Waals surface area contributed by atoms with E-state index in [1.165, 1.54) is 41.7 Å². The van der Waals surface area contributed by atoms with E-state index in [1.54, 1.807) is 22.8 Å². The summed E-state index contributed by atoms with van der Waals surface area (Å²) in [6, 6.07) is 37.1. The first kappa shape index (κ1) is 32.4. The van der Waals surface area contributed by atoms with Crippen LogP contribution >= 0.6 is 0 Å². The minimum Gasteiger partial charge on any atom is -0.510 e. The summed E-state index contributed by atoms with van der Waals surface area (Å²) < 4.78 is 101. The molecule has 0 atom stereocenters. The molecule has 0 aliphatic carbocycles. The third-order valence-electron chi connectivity index (χ3n) is 13.5. The molecule has 3 aromatic heterocycles. The molecular weight excluding hydrogens is 1000 g/mol. The number of para-hydroxylation sites is 2. The van der Waals surface area contributed by atoms with Gasteiger partial charge in [0.2, 0.25) is 0 Å². The average molecular weight is 1060 g/mol. The molecule has 1 saturated heterocycles. The zero-order valence-electron chi connectivity index (χ0n) is 46.8. The molecule has 328 valence electrons. The number of nitrogens with zero attached hydrogens (tertiary/aromatic N) is 4. The molecule has 1 fully saturated rings. The van der Waals surface area contributed by atoms with Crippen LogP contribution in [0.1, 0.15) is 64.9 Å². The molecule has 1 spiro atoms. The normalized spacial score (nSPS) is 16.6. The Kier molecular flexibility index (Phi) is 8.25. The van der Waals surface area contributed by atoms with E-state index in [-0.39, 0.29) is 54.4 Å². The van der Waals surface area contributed by atoms with Crippen LogP contribution in [0.2, 0.25) is 18.1 Å². The average Bonchev–Trinajstić information content (AvgIpc) is 4.14. The zero-order valence-corrected chi connectivity index (χ0v) is 40.1. The molecule has 0 unspecified atom stereocenters. The number of hydrogen-bond acceptors (Lipinski definition) is 2. The summed E-state index contributed by atoms with van der Waals surface area (Å²) in [7, 11) is -1.88. The second-order valence-corrected chi connectivity index (χ2v) is 23.0. The SMILES string of the molecule is [2H]c1c([2H])c([2H])c(-c2cccc(-c3c([2H])c([2H])c([2H])c([2H])c3[2H])c2-[n+]2[c-]n(-c3[c-]c(Oc4[c-]c5c(cc4)c4ccccc4n5-c4cc(C(C)(C)C)ccn4)ccc3)c3cc4c(cc32)CCC[Si]42CCCC2)c([2H])c1[2H].[Pt]. The Labute approximate surface area is 416 Å². The number of aromatic nitrogens is 4. The van der Waals surface area contributed by atoms with Crippen LogP contribution in [-0.2, 0) is 32.9 Å². The maximum absolute atomic E-state index is 9.20. The number of rotatable bonds is 7. The summed E-state index contributed by atoms with van der Waals surface area (Å²) in [5, 5.41) is 3.47. The van der Waals surface area contributed by atoms with Gasteiger partial charge in [-0.3, -0.25) is 4.57 Å². The summed E-state index contributed by atoms with van der Waals surface area (Å²) in [5.41, 5.74) is 6.50. The second-order valence-electron chi connectivity index (χ2n) is 18.4. The van der Waals surface area contributed by atoms with Crippen molar-refractivity contribution in [3.63, 3.8) is 0 Å². The Morgan fingerprint density at radius 3 is 2.14 bits per heavy atom. The van der Waals surface area contributed by atoms with Crippen molar-refractivity contribution >= 4 is 46.1 Å². The molecule has 66 heavy (non-hydrogen) atoms. The smallest absolute Gasteiger partial charge is 0.268 e. The quantitative estimate of drug-likeness (QED) is 0.0906. The monoisotopic (exact) mass is 1060 g/mol. The van der Waals surface area contributed by atoms with Gasteiger partial charge in [-0.1, -0.05) is 177 Å². The maximum Gasteiger partial charge on any atom is 0.268 e. The topological polar surface area (TPSA) is 35.9 Å². The fraction of sp³-hybridized carbons (Fsp3) is 0.186. The van der Waals surface area contributed by atoms with Gasteiger partial charge in [0.25, 0.3) is 6.33 Å². The molecule has 0 bridgehead atoms. The van der Waals surface area contributed by atoms with Gasteiger partial charge in [0.15, 0.2) is 0 Å². The number of pyridine rings is 1. The van der Waals surface area contributed by atoms with Crippen molar-refractivity contribution in [1.82, 2.24) is 14.1 Å². The number of aryl methyl sites for hydroxylation is 1. The van der Waals surface area contributed by atoms with Gasteiger partial charge in [-0.25, -0.2) is 4.98 Å². The van der Waals surface area contributed by atoms with Crippen molar-refractivity contribution in [2.75, 3.05) is 0 Å². The Balaban J connectivity index is 0.00000616. The van der Waals surface area contributed by atoms with Crippen molar-refractivity contribution in [3.8, 4) is 50.9 Å². The molecule has 10 aromatic rings. The van der Waals surface area contributed by atoms with Crippen molar-refractivity contribution < 1.29 is 44.1 Å². The number of ether oxygens (including phenoxy) is 1. The van der Waals surface area contributed by atoms with E-state index in [1.807, 2.05) is 59.3 Å². The third-order valence-corrected chi connectivity index (χ3v) is 19.1. The molecule has 2 aliphatic rings. The van der Waals surface area contributed by atoms with Crippen LogP contribution < -0.4 is 14.5 Å². The van der Waals surface area contributed by atoms with Gasteiger partial charge in [0, 0.05) is 44.3 Å². The van der Waals surface area contributed by atoms with Crippen LogP contribution in [0.3, 0.4) is 0 Å². The first-order chi connectivity index (χ1) is 36.0. The van der Waals surface area contributed by atoms with Gasteiger partial charge in [-0.15, -0.1) is 29.7 Å². The van der Waals surface area contributed by atoms with E-state index in [0.717, 1.165) is 51.5 Å². The fourth-order valence-electron chi connectivity index (χ4n) is 10.4. The minimum atomic E-state index is -1.88. The van der Waals surface area contributed by atoms with Crippen LogP contribution in [0.25, 0.3) is 72.3 Å². The Bertz CT molecular complexity index is 3900. The van der Waals surface area contributed by atoms with E-state index in [0.29, 0.717) is 22.7 Å². The molecule has 7 aromatic carbocycles. The number of imidazole rings is 1. The first-order valence-electron chi connectivity index (χ1n) is 27.4. The molecule has 0 N–H and O–H groups in total. The van der Waals surface area contributed by atoms with Crippen LogP contribution in [0.5, 0.6) is 11.5 Å². The van der Waals surface area contributed by atoms with E-state index in [2.05, 4.69) is 74.1 Å². The molecule has 5 nitrogen and oxygen atoms in total. The molecule has 0 radical (unpaired) electrons. The van der Waals surface area contributed by atoms with Crippen LogP contribution in [0, 0.1) is 18.5 Å². The van der Waals surface area contributed by atoms with Crippen molar-refractivity contribution in [2.45, 2.75) is 70.0 Å². The van der Waals surface area contributed by atoms with Gasteiger partial charge >= 0.3 is 0 Å². The Hall–Kier alpha value is -6.33. The molecule has 7 heteroatoms. The van der Waals surface area contributed by atoms with E-state index >= 15 is 0 Å². The summed E-state index contributed by atoms with van der Waals surface area (Å²) in [4.78, 5) is 4.84. The standard InChI is InChI=1S/C59H50N4OSi.Pt/c1-59(2,3)44-30-31-60-57(36-44)63-52-27-11-10-24-50(52)51-29-28-47(38-53(51)63)64-46-23-14-22-45(37-46)61-40-62(54-35-43-21-16-34-65(32-12-13-33-65)56(43)39-55(54)61)58-48(41-17-6-4-7-18-41)25-15-26-49(58)42-19-8-5-9-20-42;/h4-11,14-15,17-20,22-31,35-36,39H,12-13,16,21,32-34H2,1-3H3;/q-2;/i4D,5D,6D,7D,8D,9D,17D,18D,19D,20D;. The second kappa shape index (κ2) is 16.8. The Morgan fingerprint density at radius 1 is 0.697 bits per heavy atom. The minimum absolute atomic E-state index is 0. The molecule has 5 heterocycles. The summed E-state index contributed by atoms with van der Waals surface area (Å²) in [5.74, 6) is 1.63. The third kappa shape index (κ3) is 7.26. The van der Waals surface area contributed by atoms with Gasteiger partial charge in [-0.05, 0) is 75.0 Å². The van der Waals surface area contributed by atoms with E-state index < -0.39 is 68.5 Å². The largest absolute Gasteiger partial charge is 0.510 e. The van der Waals surface area contributed by atoms with E-state index in [4.69, 9.17) is 17.9 Å². The molecular formula is C59H50N4OPtSi-2. The van der Waals surface area contributed by atoms with Crippen molar-refractivity contribution in [3.05, 3.63) is 193 Å². The van der Waals surface area contributed by atoms with Gasteiger partial charge < -0.3 is 13.9 Å². The van der Waals surface area contributed by atoms with Crippen molar-refractivity contribution in [2.24, 2.45) is 0 Å². The molecule has 2 aliphatic heterocycles. The summed E-state index contributed by atoms with van der Waals surface area (Å²) in [6.07, 6.45) is 9.78. The van der Waals surface area contributed by atoms with E-state index in [9.17, 15) is 5.48 Å². The summed E-state index contributed by atoms with van der Waals surface area (Å²) >= 11 is 0. The number of hydrogen-bond donors (Lipinski definition) is 0. The van der Waals surface area contributed by atoms with Crippen molar-refractivity contribution in [1.29, 1.82) is 0 Å². The van der Waals surface area contributed by atoms with Crippen LogP contribution in [-0.4, -0.2) is 22.2 Å². The predicted octanol–water partition coefficient (Wildman–Crippen LogP) is 13.6. The first-order valence-corrected chi connectivity index (χ1v) is 25.0. The Morgan fingerprint density at radius 2 is 1.39 bits per heavy atom. The zero-order chi connectivity index (χ0) is 52.4. The molecule has 12 rings (SSSR count). The molecule has 0 saturated carbocycles. The molecule has 0 amide bonds. The maximum atomic E-state index is 9.20. The number of benzene rings is 7. The summed E-state index contributed by atoms with van der Waals surface area (Å²) in [6.45, 7) is 6.55. The number of fused-ring (bicyclic) bond motifs is 6. The van der Waals surface area contributed by atoms with Crippen LogP contribution in [0.4, 0.5) is 0 Å². The fourth-order valence-corrected chi connectivity index (χ4v) is 16.0. The predicted molar refractivity (Wildman–Crippen MR) is 267 cm³/mol. The van der Waals surface area contributed by atoms with Gasteiger partial charge in [-0.2, -0.15) is 18.2 Å². The van der Waals surface area contributed by atoms with Gasteiger partial charge in [0.05, 0.1) is 38.5 Å².